The number of hydrogen-bond acceptors (Lipinski definition) is 7. The molecule has 8 nitrogen and oxygen atoms in total. The Morgan fingerprint density at radius 3 is 2.45 bits per heavy atom. The summed E-state index contributed by atoms with van der Waals surface area (Å²) < 4.78 is 26.7. The summed E-state index contributed by atoms with van der Waals surface area (Å²) >= 11 is 1.74. The van der Waals surface area contributed by atoms with Gasteiger partial charge in [-0.2, -0.15) is 0 Å². The molecule has 176 valence electrons. The van der Waals surface area contributed by atoms with E-state index < -0.39 is 10.0 Å². The van der Waals surface area contributed by atoms with Crippen LogP contribution in [0.1, 0.15) is 15.9 Å². The van der Waals surface area contributed by atoms with E-state index in [-0.39, 0.29) is 10.8 Å². The van der Waals surface area contributed by atoms with Crippen LogP contribution in [-0.4, -0.2) is 81.9 Å². The van der Waals surface area contributed by atoms with Gasteiger partial charge in [-0.15, -0.1) is 0 Å². The van der Waals surface area contributed by atoms with Crippen LogP contribution < -0.4 is 10.2 Å². The average Bonchev–Trinajstić information content (AvgIpc) is 3.22. The fourth-order valence-corrected chi connectivity index (χ4v) is 5.75. The highest BCUT2D eigenvalue weighted by molar-refractivity contribution is 7.89. The van der Waals surface area contributed by atoms with Crippen LogP contribution in [0.5, 0.6) is 0 Å². The molecule has 1 aliphatic heterocycles. The van der Waals surface area contributed by atoms with Crippen molar-refractivity contribution in [2.24, 2.45) is 0 Å². The van der Waals surface area contributed by atoms with Gasteiger partial charge >= 0.3 is 0 Å². The minimum atomic E-state index is -3.50. The lowest BCUT2D eigenvalue weighted by Crippen LogP contribution is -2.48. The van der Waals surface area contributed by atoms with Crippen molar-refractivity contribution in [1.29, 1.82) is 0 Å². The minimum Gasteiger partial charge on any atom is -0.351 e. The van der Waals surface area contributed by atoms with Gasteiger partial charge in [0.2, 0.25) is 10.0 Å². The van der Waals surface area contributed by atoms with Crippen molar-refractivity contribution in [2.45, 2.75) is 11.8 Å². The van der Waals surface area contributed by atoms with E-state index in [1.54, 1.807) is 23.5 Å². The number of aromatic nitrogens is 1. The first-order chi connectivity index (χ1) is 15.7. The highest BCUT2D eigenvalue weighted by Gasteiger charge is 2.20. The smallest absolute Gasteiger partial charge is 0.251 e. The normalized spacial score (nSPS) is 15.3. The van der Waals surface area contributed by atoms with E-state index in [9.17, 15) is 13.2 Å². The SMILES string of the molecule is Cc1ccc2nc(N3CCN(CCNC(=O)c4ccc(S(=O)(=O)N(C)C)cc4)CC3)sc2c1. The van der Waals surface area contributed by atoms with Gasteiger partial charge in [-0.1, -0.05) is 17.4 Å². The van der Waals surface area contributed by atoms with Crippen LogP contribution in [0.15, 0.2) is 47.4 Å². The zero-order valence-electron chi connectivity index (χ0n) is 19.1. The Morgan fingerprint density at radius 2 is 1.79 bits per heavy atom. The largest absolute Gasteiger partial charge is 0.351 e. The maximum Gasteiger partial charge on any atom is 0.251 e. The molecule has 0 saturated carbocycles. The molecule has 1 amide bonds. The van der Waals surface area contributed by atoms with Gasteiger partial charge in [0.15, 0.2) is 5.13 Å². The summed E-state index contributed by atoms with van der Waals surface area (Å²) in [5.74, 6) is -0.202. The standard InChI is InChI=1S/C23H29N5O3S2/c1-17-4-9-20-21(16-17)32-23(25-20)28-14-12-27(13-15-28)11-10-24-22(29)18-5-7-19(8-6-18)33(30,31)26(2)3/h4-9,16H,10-15H2,1-3H3,(H,24,29). The Balaban J connectivity index is 1.24. The van der Waals surface area contributed by atoms with Crippen molar-refractivity contribution in [2.75, 3.05) is 58.3 Å². The fourth-order valence-electron chi connectivity index (χ4n) is 3.74. The second-order valence-electron chi connectivity index (χ2n) is 8.36. The van der Waals surface area contributed by atoms with Crippen LogP contribution in [0, 0.1) is 6.92 Å². The van der Waals surface area contributed by atoms with Crippen molar-refractivity contribution in [3.05, 3.63) is 53.6 Å². The monoisotopic (exact) mass is 487 g/mol. The number of sulfonamides is 1. The molecule has 33 heavy (non-hydrogen) atoms. The average molecular weight is 488 g/mol. The van der Waals surface area contributed by atoms with Gasteiger partial charge < -0.3 is 10.2 Å². The molecule has 0 bridgehead atoms. The summed E-state index contributed by atoms with van der Waals surface area (Å²) in [6.07, 6.45) is 0. The highest BCUT2D eigenvalue weighted by Crippen LogP contribution is 2.30. The van der Waals surface area contributed by atoms with Gasteiger partial charge in [0, 0.05) is 58.9 Å². The molecule has 1 saturated heterocycles. The van der Waals surface area contributed by atoms with Crippen molar-refractivity contribution in [1.82, 2.24) is 19.5 Å². The van der Waals surface area contributed by atoms with Crippen LogP contribution in [0.25, 0.3) is 10.2 Å². The number of amides is 1. The summed E-state index contributed by atoms with van der Waals surface area (Å²) in [6.45, 7) is 7.07. The molecule has 0 atom stereocenters. The quantitative estimate of drug-likeness (QED) is 0.551. The molecular formula is C23H29N5O3S2. The number of benzene rings is 2. The van der Waals surface area contributed by atoms with Gasteiger partial charge in [0.05, 0.1) is 15.1 Å². The van der Waals surface area contributed by atoms with Gasteiger partial charge in [0.1, 0.15) is 0 Å². The molecule has 0 unspecified atom stereocenters. The molecule has 2 heterocycles. The van der Waals surface area contributed by atoms with E-state index in [4.69, 9.17) is 4.98 Å². The van der Waals surface area contributed by atoms with Crippen LogP contribution in [0.2, 0.25) is 0 Å². The van der Waals surface area contributed by atoms with E-state index in [1.165, 1.54) is 36.5 Å². The number of anilines is 1. The zero-order valence-corrected chi connectivity index (χ0v) is 20.7. The molecule has 10 heteroatoms. The Hall–Kier alpha value is -2.53. The van der Waals surface area contributed by atoms with E-state index in [1.807, 2.05) is 0 Å². The molecular weight excluding hydrogens is 458 g/mol. The third-order valence-electron chi connectivity index (χ3n) is 5.78. The molecule has 1 N–H and O–H groups in total. The number of hydrogen-bond donors (Lipinski definition) is 1. The van der Waals surface area contributed by atoms with E-state index >= 15 is 0 Å². The number of nitrogens with zero attached hydrogens (tertiary/aromatic N) is 4. The molecule has 0 aliphatic carbocycles. The summed E-state index contributed by atoms with van der Waals surface area (Å²) in [6, 6.07) is 12.4. The number of nitrogens with one attached hydrogen (secondary N) is 1. The van der Waals surface area contributed by atoms with Crippen molar-refractivity contribution in [3.8, 4) is 0 Å². The molecule has 1 aromatic heterocycles. The Morgan fingerprint density at radius 1 is 1.09 bits per heavy atom. The molecule has 0 radical (unpaired) electrons. The first-order valence-corrected chi connectivity index (χ1v) is 13.1. The lowest BCUT2D eigenvalue weighted by molar-refractivity contribution is 0.0947. The van der Waals surface area contributed by atoms with E-state index in [0.29, 0.717) is 12.1 Å². The van der Waals surface area contributed by atoms with Crippen molar-refractivity contribution >= 4 is 42.6 Å². The predicted molar refractivity (Wildman–Crippen MR) is 133 cm³/mol. The summed E-state index contributed by atoms with van der Waals surface area (Å²) in [5, 5.41) is 4.00. The second kappa shape index (κ2) is 9.76. The van der Waals surface area contributed by atoms with Gasteiger partial charge in [-0.3, -0.25) is 9.69 Å². The van der Waals surface area contributed by atoms with Crippen molar-refractivity contribution < 1.29 is 13.2 Å². The molecule has 0 spiro atoms. The maximum atomic E-state index is 12.4. The molecule has 2 aromatic carbocycles. The topological polar surface area (TPSA) is 85.9 Å². The first-order valence-electron chi connectivity index (χ1n) is 10.9. The fraction of sp³-hybridized carbons (Fsp3) is 0.391. The first kappa shape index (κ1) is 23.6. The summed E-state index contributed by atoms with van der Waals surface area (Å²) in [7, 11) is -0.534. The van der Waals surface area contributed by atoms with Crippen LogP contribution in [0.3, 0.4) is 0 Å². The van der Waals surface area contributed by atoms with Crippen LogP contribution >= 0.6 is 11.3 Å². The summed E-state index contributed by atoms with van der Waals surface area (Å²) in [5.41, 5.74) is 2.75. The minimum absolute atomic E-state index is 0.171. The number of piperazine rings is 1. The third kappa shape index (κ3) is 5.35. The number of carbonyl (C=O) groups is 1. The number of thiazole rings is 1. The van der Waals surface area contributed by atoms with Gasteiger partial charge in [0.25, 0.3) is 5.91 Å². The number of fused-ring (bicyclic) bond motifs is 1. The Bertz CT molecular complexity index is 1230. The molecule has 3 aromatic rings. The summed E-state index contributed by atoms with van der Waals surface area (Å²) in [4.78, 5) is 22.0. The number of rotatable bonds is 7. The third-order valence-corrected chi connectivity index (χ3v) is 8.69. The maximum absolute atomic E-state index is 12.4. The van der Waals surface area contributed by atoms with Crippen molar-refractivity contribution in [3.63, 3.8) is 0 Å². The molecule has 1 fully saturated rings. The predicted octanol–water partition coefficient (Wildman–Crippen LogP) is 2.41. The van der Waals surface area contributed by atoms with Crippen LogP contribution in [0.4, 0.5) is 5.13 Å². The Labute approximate surface area is 198 Å². The van der Waals surface area contributed by atoms with Gasteiger partial charge in [-0.05, 0) is 48.9 Å². The van der Waals surface area contributed by atoms with E-state index in [0.717, 1.165) is 47.7 Å². The lowest BCUT2D eigenvalue weighted by Gasteiger charge is -2.34. The molecule has 4 rings (SSSR count). The number of aryl methyl sites for hydroxylation is 1. The van der Waals surface area contributed by atoms with E-state index in [2.05, 4.69) is 40.2 Å². The highest BCUT2D eigenvalue weighted by atomic mass is 32.2. The Kier molecular flexibility index (Phi) is 6.99. The van der Waals surface area contributed by atoms with Crippen LogP contribution in [-0.2, 0) is 10.0 Å². The second-order valence-corrected chi connectivity index (χ2v) is 11.5. The van der Waals surface area contributed by atoms with Gasteiger partial charge in [-0.25, -0.2) is 17.7 Å². The number of carbonyl (C=O) groups excluding carboxylic acids is 1. The lowest BCUT2D eigenvalue weighted by atomic mass is 10.2. The molecule has 1 aliphatic rings. The zero-order chi connectivity index (χ0) is 23.6.